The van der Waals surface area contributed by atoms with Gasteiger partial charge in [-0.05, 0) is 38.1 Å². The number of pyridine rings is 1. The normalized spacial score (nSPS) is 15.4. The van der Waals surface area contributed by atoms with E-state index in [1.54, 1.807) is 0 Å². The molecule has 2 rings (SSSR count). The van der Waals surface area contributed by atoms with E-state index < -0.39 is 11.9 Å². The number of anilines is 1. The molecule has 2 heterocycles. The molecule has 7 heteroatoms. The van der Waals surface area contributed by atoms with Gasteiger partial charge in [0, 0.05) is 31.4 Å². The topological polar surface area (TPSA) is 103 Å². The lowest BCUT2D eigenvalue weighted by atomic mass is 10.2. The van der Waals surface area contributed by atoms with Crippen molar-refractivity contribution in [3.05, 3.63) is 36.7 Å². The van der Waals surface area contributed by atoms with E-state index in [4.69, 9.17) is 10.2 Å². The zero-order valence-electron chi connectivity index (χ0n) is 12.3. The van der Waals surface area contributed by atoms with E-state index in [0.29, 0.717) is 12.2 Å². The number of carbonyl (C=O) groups is 2. The molecule has 120 valence electrons. The molecule has 0 bridgehead atoms. The van der Waals surface area contributed by atoms with Crippen LogP contribution in [0.3, 0.4) is 0 Å². The number of carboxylic acid groups (broad SMARTS) is 2. The van der Waals surface area contributed by atoms with Gasteiger partial charge in [0.2, 0.25) is 0 Å². The van der Waals surface area contributed by atoms with Crippen LogP contribution in [0.4, 0.5) is 5.69 Å². The van der Waals surface area contributed by atoms with Crippen molar-refractivity contribution < 1.29 is 19.8 Å². The van der Waals surface area contributed by atoms with Crippen LogP contribution in [-0.2, 0) is 9.59 Å². The molecule has 1 aromatic rings. The smallest absolute Gasteiger partial charge is 0.328 e. The van der Waals surface area contributed by atoms with Gasteiger partial charge in [0.15, 0.2) is 0 Å². The molecule has 22 heavy (non-hydrogen) atoms. The van der Waals surface area contributed by atoms with Crippen molar-refractivity contribution in [2.24, 2.45) is 0 Å². The average molecular weight is 307 g/mol. The van der Waals surface area contributed by atoms with Crippen LogP contribution in [0.1, 0.15) is 12.8 Å². The summed E-state index contributed by atoms with van der Waals surface area (Å²) in [5.41, 5.74) is 1.26. The van der Waals surface area contributed by atoms with Crippen molar-refractivity contribution in [2.45, 2.75) is 12.8 Å². The number of rotatable bonds is 3. The van der Waals surface area contributed by atoms with Crippen LogP contribution in [0.25, 0.3) is 0 Å². The molecule has 0 amide bonds. The maximum absolute atomic E-state index is 9.55. The summed E-state index contributed by atoms with van der Waals surface area (Å²) in [4.78, 5) is 25.7. The number of nitrogens with one attached hydrogen (secondary N) is 1. The molecule has 0 radical (unpaired) electrons. The lowest BCUT2D eigenvalue weighted by molar-refractivity contribution is -0.134. The standard InChI is InChI=1S/C11H17N3.C4H4O4/c1-4-11(10-13-5-1)14-8-2-6-12-7-3-9-14;5-3(6)1-2-4(7)8/h1,4-5,10,12H,2-3,6-9H2;1-2H,(H,5,6)(H,7,8)/b;2-1+. The van der Waals surface area contributed by atoms with Gasteiger partial charge in [-0.2, -0.15) is 0 Å². The number of aliphatic carboxylic acids is 2. The SMILES string of the molecule is O=C(O)/C=C/C(=O)O.c1cncc(N2CCCNCCC2)c1. The average Bonchev–Trinajstić information content (AvgIpc) is 2.46. The predicted octanol–water partition coefficient (Wildman–Crippen LogP) is 0.983. The van der Waals surface area contributed by atoms with E-state index in [1.165, 1.54) is 18.5 Å². The monoisotopic (exact) mass is 307 g/mol. The second-order valence-corrected chi connectivity index (χ2v) is 4.67. The number of hydrogen-bond acceptors (Lipinski definition) is 5. The van der Waals surface area contributed by atoms with E-state index in [1.807, 2.05) is 18.5 Å². The first-order valence-corrected chi connectivity index (χ1v) is 7.09. The van der Waals surface area contributed by atoms with Gasteiger partial charge in [0.25, 0.3) is 0 Å². The molecule has 0 aliphatic carbocycles. The predicted molar refractivity (Wildman–Crippen MR) is 83.0 cm³/mol. The fourth-order valence-corrected chi connectivity index (χ4v) is 1.97. The van der Waals surface area contributed by atoms with E-state index >= 15 is 0 Å². The summed E-state index contributed by atoms with van der Waals surface area (Å²) in [6.07, 6.45) is 7.33. The largest absolute Gasteiger partial charge is 0.478 e. The summed E-state index contributed by atoms with van der Waals surface area (Å²) in [6.45, 7) is 4.55. The lowest BCUT2D eigenvalue weighted by Gasteiger charge is -2.26. The van der Waals surface area contributed by atoms with Crippen molar-refractivity contribution in [1.29, 1.82) is 0 Å². The second kappa shape index (κ2) is 10.3. The number of aromatic nitrogens is 1. The first-order valence-electron chi connectivity index (χ1n) is 7.09. The van der Waals surface area contributed by atoms with E-state index in [-0.39, 0.29) is 0 Å². The Hall–Kier alpha value is -2.41. The van der Waals surface area contributed by atoms with Crippen molar-refractivity contribution in [3.8, 4) is 0 Å². The summed E-state index contributed by atoms with van der Waals surface area (Å²) in [6, 6.07) is 4.15. The Kier molecular flexibility index (Phi) is 8.29. The van der Waals surface area contributed by atoms with Crippen LogP contribution >= 0.6 is 0 Å². The molecule has 1 fully saturated rings. The van der Waals surface area contributed by atoms with Crippen molar-refractivity contribution in [1.82, 2.24) is 10.3 Å². The highest BCUT2D eigenvalue weighted by Gasteiger charge is 2.07. The van der Waals surface area contributed by atoms with Crippen molar-refractivity contribution in [2.75, 3.05) is 31.1 Å². The van der Waals surface area contributed by atoms with Crippen molar-refractivity contribution >= 4 is 17.6 Å². The summed E-state index contributed by atoms with van der Waals surface area (Å²) in [7, 11) is 0. The van der Waals surface area contributed by atoms with E-state index in [9.17, 15) is 9.59 Å². The van der Waals surface area contributed by atoms with Crippen LogP contribution in [0.15, 0.2) is 36.7 Å². The third kappa shape index (κ3) is 8.01. The van der Waals surface area contributed by atoms with Gasteiger partial charge in [-0.25, -0.2) is 9.59 Å². The summed E-state index contributed by atoms with van der Waals surface area (Å²) in [5, 5.41) is 19.0. The van der Waals surface area contributed by atoms with E-state index in [2.05, 4.69) is 21.3 Å². The zero-order valence-corrected chi connectivity index (χ0v) is 12.3. The Bertz CT molecular complexity index is 467. The van der Waals surface area contributed by atoms with Gasteiger partial charge in [-0.1, -0.05) is 0 Å². The highest BCUT2D eigenvalue weighted by Crippen LogP contribution is 2.12. The molecule has 0 atom stereocenters. The minimum absolute atomic E-state index is 0.558. The minimum atomic E-state index is -1.26. The molecule has 0 saturated carbocycles. The quantitative estimate of drug-likeness (QED) is 0.715. The fourth-order valence-electron chi connectivity index (χ4n) is 1.97. The molecule has 1 saturated heterocycles. The van der Waals surface area contributed by atoms with Gasteiger partial charge < -0.3 is 20.4 Å². The fraction of sp³-hybridized carbons (Fsp3) is 0.400. The molecule has 3 N–H and O–H groups in total. The van der Waals surface area contributed by atoms with Crippen LogP contribution in [0.2, 0.25) is 0 Å². The number of carboxylic acids is 2. The van der Waals surface area contributed by atoms with Gasteiger partial charge >= 0.3 is 11.9 Å². The molecule has 1 aliphatic heterocycles. The molecular formula is C15H21N3O4. The Balaban J connectivity index is 0.000000261. The minimum Gasteiger partial charge on any atom is -0.478 e. The Morgan fingerprint density at radius 3 is 2.18 bits per heavy atom. The highest BCUT2D eigenvalue weighted by molar-refractivity contribution is 5.89. The Morgan fingerprint density at radius 1 is 1.14 bits per heavy atom. The van der Waals surface area contributed by atoms with Gasteiger partial charge in [0.1, 0.15) is 0 Å². The van der Waals surface area contributed by atoms with Crippen LogP contribution in [-0.4, -0.2) is 53.3 Å². The third-order valence-electron chi connectivity index (χ3n) is 2.94. The molecular weight excluding hydrogens is 286 g/mol. The summed E-state index contributed by atoms with van der Waals surface area (Å²) < 4.78 is 0. The first kappa shape index (κ1) is 17.6. The summed E-state index contributed by atoms with van der Waals surface area (Å²) in [5.74, 6) is -2.51. The van der Waals surface area contributed by atoms with Crippen molar-refractivity contribution in [3.63, 3.8) is 0 Å². The highest BCUT2D eigenvalue weighted by atomic mass is 16.4. The Morgan fingerprint density at radius 2 is 1.73 bits per heavy atom. The second-order valence-electron chi connectivity index (χ2n) is 4.67. The molecule has 1 aliphatic rings. The van der Waals surface area contributed by atoms with Crippen LogP contribution < -0.4 is 10.2 Å². The zero-order chi connectivity index (χ0) is 16.2. The molecule has 7 nitrogen and oxygen atoms in total. The maximum Gasteiger partial charge on any atom is 0.328 e. The molecule has 0 aromatic carbocycles. The first-order chi connectivity index (χ1) is 10.6. The lowest BCUT2D eigenvalue weighted by Crippen LogP contribution is -2.33. The number of nitrogens with zero attached hydrogens (tertiary/aromatic N) is 2. The molecule has 0 unspecified atom stereocenters. The summed E-state index contributed by atoms with van der Waals surface area (Å²) >= 11 is 0. The number of hydrogen-bond donors (Lipinski definition) is 3. The van der Waals surface area contributed by atoms with E-state index in [0.717, 1.165) is 26.2 Å². The van der Waals surface area contributed by atoms with Crippen LogP contribution in [0.5, 0.6) is 0 Å². The van der Waals surface area contributed by atoms with Crippen LogP contribution in [0, 0.1) is 0 Å². The Labute approximate surface area is 129 Å². The third-order valence-corrected chi connectivity index (χ3v) is 2.94. The molecule has 1 aromatic heterocycles. The van der Waals surface area contributed by atoms with Gasteiger partial charge in [0.05, 0.1) is 11.9 Å². The van der Waals surface area contributed by atoms with Gasteiger partial charge in [-0.3, -0.25) is 4.98 Å². The molecule has 0 spiro atoms. The van der Waals surface area contributed by atoms with Gasteiger partial charge in [-0.15, -0.1) is 0 Å². The maximum atomic E-state index is 9.55.